The van der Waals surface area contributed by atoms with Crippen LogP contribution in [0.25, 0.3) is 5.69 Å². The van der Waals surface area contributed by atoms with Crippen LogP contribution in [0.5, 0.6) is 0 Å². The molecule has 3 nitrogen and oxygen atoms in total. The first-order valence-corrected chi connectivity index (χ1v) is 6.43. The minimum atomic E-state index is 0.213. The summed E-state index contributed by atoms with van der Waals surface area (Å²) in [5, 5.41) is 14.2. The van der Waals surface area contributed by atoms with Gasteiger partial charge in [-0.15, -0.1) is 0 Å². The number of hydrogen-bond donors (Lipinski definition) is 1. The van der Waals surface area contributed by atoms with Crippen molar-refractivity contribution in [3.63, 3.8) is 0 Å². The van der Waals surface area contributed by atoms with E-state index in [2.05, 4.69) is 12.0 Å². The van der Waals surface area contributed by atoms with E-state index in [1.54, 1.807) is 0 Å². The Hall–Kier alpha value is -1.32. The van der Waals surface area contributed by atoms with E-state index in [0.717, 1.165) is 34.9 Å². The fourth-order valence-electron chi connectivity index (χ4n) is 2.13. The zero-order chi connectivity index (χ0) is 13.1. The number of aliphatic hydroxyl groups is 1. The third-order valence-electron chi connectivity index (χ3n) is 3.10. The van der Waals surface area contributed by atoms with Crippen LogP contribution in [0.4, 0.5) is 0 Å². The van der Waals surface area contributed by atoms with Gasteiger partial charge in [0.2, 0.25) is 0 Å². The highest BCUT2D eigenvalue weighted by Gasteiger charge is 2.12. The lowest BCUT2D eigenvalue weighted by Gasteiger charge is -2.05. The van der Waals surface area contributed by atoms with E-state index < -0.39 is 0 Å². The first-order chi connectivity index (χ1) is 8.63. The van der Waals surface area contributed by atoms with Crippen molar-refractivity contribution in [3.05, 3.63) is 46.2 Å². The predicted octanol–water partition coefficient (Wildman–Crippen LogP) is 3.07. The summed E-state index contributed by atoms with van der Waals surface area (Å²) in [7, 11) is 0. The Balaban J connectivity index is 2.37. The minimum absolute atomic E-state index is 0.213. The molecule has 18 heavy (non-hydrogen) atoms. The molecule has 0 atom stereocenters. The van der Waals surface area contributed by atoms with E-state index in [1.807, 2.05) is 35.9 Å². The van der Waals surface area contributed by atoms with Crippen molar-refractivity contribution in [2.24, 2.45) is 0 Å². The Bertz CT molecular complexity index is 531. The Kier molecular flexibility index (Phi) is 4.04. The quantitative estimate of drug-likeness (QED) is 0.922. The fourth-order valence-corrected chi connectivity index (χ4v) is 2.25. The monoisotopic (exact) mass is 264 g/mol. The minimum Gasteiger partial charge on any atom is -0.396 e. The summed E-state index contributed by atoms with van der Waals surface area (Å²) in [5.41, 5.74) is 4.38. The molecule has 0 aliphatic carbocycles. The smallest absolute Gasteiger partial charge is 0.0649 e. The maximum Gasteiger partial charge on any atom is 0.0649 e. The molecule has 1 aromatic heterocycles. The zero-order valence-corrected chi connectivity index (χ0v) is 11.4. The number of aliphatic hydroxyl groups excluding tert-OH is 1. The summed E-state index contributed by atoms with van der Waals surface area (Å²) >= 11 is 5.89. The van der Waals surface area contributed by atoms with E-state index in [0.29, 0.717) is 0 Å². The van der Waals surface area contributed by atoms with E-state index in [9.17, 15) is 0 Å². The van der Waals surface area contributed by atoms with Crippen LogP contribution < -0.4 is 0 Å². The number of nitrogens with zero attached hydrogens (tertiary/aromatic N) is 2. The molecule has 2 rings (SSSR count). The average Bonchev–Trinajstić information content (AvgIpc) is 2.64. The van der Waals surface area contributed by atoms with Gasteiger partial charge in [0.25, 0.3) is 0 Å². The summed E-state index contributed by atoms with van der Waals surface area (Å²) < 4.78 is 1.93. The average molecular weight is 265 g/mol. The van der Waals surface area contributed by atoms with Gasteiger partial charge in [-0.1, -0.05) is 11.6 Å². The van der Waals surface area contributed by atoms with Crippen LogP contribution in [0.1, 0.15) is 23.4 Å². The lowest BCUT2D eigenvalue weighted by Crippen LogP contribution is -1.99. The molecule has 0 saturated carbocycles. The van der Waals surface area contributed by atoms with Gasteiger partial charge >= 0.3 is 0 Å². The second-order valence-corrected chi connectivity index (χ2v) is 4.80. The van der Waals surface area contributed by atoms with Crippen LogP contribution in [0.15, 0.2) is 24.3 Å². The van der Waals surface area contributed by atoms with E-state index in [1.165, 1.54) is 5.56 Å². The molecule has 0 bridgehead atoms. The van der Waals surface area contributed by atoms with E-state index in [-0.39, 0.29) is 6.61 Å². The Morgan fingerprint density at radius 1 is 1.22 bits per heavy atom. The van der Waals surface area contributed by atoms with Gasteiger partial charge in [-0.3, -0.25) is 0 Å². The Labute approximate surface area is 112 Å². The summed E-state index contributed by atoms with van der Waals surface area (Å²) in [4.78, 5) is 0. The zero-order valence-electron chi connectivity index (χ0n) is 10.7. The second kappa shape index (κ2) is 5.55. The Morgan fingerprint density at radius 2 is 1.89 bits per heavy atom. The number of hydrogen-bond acceptors (Lipinski definition) is 2. The molecule has 0 amide bonds. The highest BCUT2D eigenvalue weighted by molar-refractivity contribution is 6.30. The molecular weight excluding hydrogens is 248 g/mol. The number of aromatic nitrogens is 2. The van der Waals surface area contributed by atoms with Crippen LogP contribution in [-0.4, -0.2) is 21.5 Å². The normalized spacial score (nSPS) is 10.9. The van der Waals surface area contributed by atoms with Crippen molar-refractivity contribution < 1.29 is 5.11 Å². The van der Waals surface area contributed by atoms with Gasteiger partial charge in [0.05, 0.1) is 11.4 Å². The van der Waals surface area contributed by atoms with Crippen LogP contribution >= 0.6 is 11.6 Å². The molecule has 0 fully saturated rings. The van der Waals surface area contributed by atoms with Gasteiger partial charge < -0.3 is 5.11 Å². The Morgan fingerprint density at radius 3 is 2.50 bits per heavy atom. The molecule has 0 aliphatic heterocycles. The van der Waals surface area contributed by atoms with Crippen molar-refractivity contribution in [1.29, 1.82) is 0 Å². The maximum atomic E-state index is 8.92. The van der Waals surface area contributed by atoms with Gasteiger partial charge in [-0.2, -0.15) is 5.10 Å². The maximum absolute atomic E-state index is 8.92. The van der Waals surface area contributed by atoms with Gasteiger partial charge in [-0.25, -0.2) is 4.68 Å². The molecule has 0 unspecified atom stereocenters. The molecule has 0 aliphatic rings. The van der Waals surface area contributed by atoms with Crippen LogP contribution in [0.3, 0.4) is 0 Å². The number of benzene rings is 1. The van der Waals surface area contributed by atoms with Crippen LogP contribution in [-0.2, 0) is 6.42 Å². The van der Waals surface area contributed by atoms with Gasteiger partial charge in [0.1, 0.15) is 0 Å². The largest absolute Gasteiger partial charge is 0.396 e. The molecule has 1 aromatic carbocycles. The van der Waals surface area contributed by atoms with Crippen molar-refractivity contribution in [2.45, 2.75) is 26.7 Å². The topological polar surface area (TPSA) is 38.0 Å². The first-order valence-electron chi connectivity index (χ1n) is 6.05. The van der Waals surface area contributed by atoms with Crippen molar-refractivity contribution in [2.75, 3.05) is 6.61 Å². The SMILES string of the molecule is Cc1nn(-c2ccc(Cl)cc2)c(C)c1CCCO. The first kappa shape index (κ1) is 13.1. The van der Waals surface area contributed by atoms with Gasteiger partial charge in [0, 0.05) is 17.3 Å². The second-order valence-electron chi connectivity index (χ2n) is 4.36. The van der Waals surface area contributed by atoms with Gasteiger partial charge in [-0.05, 0) is 56.5 Å². The molecule has 0 radical (unpaired) electrons. The molecule has 96 valence electrons. The molecule has 0 saturated heterocycles. The van der Waals surface area contributed by atoms with E-state index in [4.69, 9.17) is 16.7 Å². The highest BCUT2D eigenvalue weighted by atomic mass is 35.5. The molecule has 1 N–H and O–H groups in total. The third-order valence-corrected chi connectivity index (χ3v) is 3.35. The summed E-state index contributed by atoms with van der Waals surface area (Å²) in [6, 6.07) is 7.64. The number of aryl methyl sites for hydroxylation is 1. The number of halogens is 1. The van der Waals surface area contributed by atoms with Crippen LogP contribution in [0, 0.1) is 13.8 Å². The van der Waals surface area contributed by atoms with Crippen LogP contribution in [0.2, 0.25) is 5.02 Å². The van der Waals surface area contributed by atoms with Crippen molar-refractivity contribution >= 4 is 11.6 Å². The molecule has 1 heterocycles. The fraction of sp³-hybridized carbons (Fsp3) is 0.357. The van der Waals surface area contributed by atoms with Crippen molar-refractivity contribution in [3.8, 4) is 5.69 Å². The summed E-state index contributed by atoms with van der Waals surface area (Å²) in [5.74, 6) is 0. The third kappa shape index (κ3) is 2.57. The molecule has 0 spiro atoms. The number of rotatable bonds is 4. The highest BCUT2D eigenvalue weighted by Crippen LogP contribution is 2.20. The predicted molar refractivity (Wildman–Crippen MR) is 73.5 cm³/mol. The molecule has 2 aromatic rings. The van der Waals surface area contributed by atoms with Gasteiger partial charge in [0.15, 0.2) is 0 Å². The van der Waals surface area contributed by atoms with E-state index >= 15 is 0 Å². The lowest BCUT2D eigenvalue weighted by molar-refractivity contribution is 0.288. The lowest BCUT2D eigenvalue weighted by atomic mass is 10.1. The van der Waals surface area contributed by atoms with Crippen molar-refractivity contribution in [1.82, 2.24) is 9.78 Å². The standard InChI is InChI=1S/C14H17ClN2O/c1-10-14(4-3-9-18)11(2)17(16-10)13-7-5-12(15)6-8-13/h5-8,18H,3-4,9H2,1-2H3. The summed E-state index contributed by atoms with van der Waals surface area (Å²) in [6.45, 7) is 4.28. The molecule has 4 heteroatoms. The summed E-state index contributed by atoms with van der Waals surface area (Å²) in [6.07, 6.45) is 1.63. The molecular formula is C14H17ClN2O.